The normalized spacial score (nSPS) is 13.0. The highest BCUT2D eigenvalue weighted by Crippen LogP contribution is 2.35. The number of hydrogen-bond donors (Lipinski definition) is 0. The highest BCUT2D eigenvalue weighted by Gasteiger charge is 2.30. The maximum atomic E-state index is 13.7. The second-order valence-electron chi connectivity index (χ2n) is 9.38. The summed E-state index contributed by atoms with van der Waals surface area (Å²) in [4.78, 5) is 15.5. The number of carbonyl (C=O) groups excluding carboxylic acids is 1. The smallest absolute Gasteiger partial charge is 0.254 e. The van der Waals surface area contributed by atoms with Gasteiger partial charge in [-0.25, -0.2) is 9.07 Å². The van der Waals surface area contributed by atoms with Gasteiger partial charge in [-0.2, -0.15) is 5.10 Å². The molecular formula is C30H30FN3O2. The van der Waals surface area contributed by atoms with Gasteiger partial charge in [-0.3, -0.25) is 4.79 Å². The van der Waals surface area contributed by atoms with E-state index in [0.717, 1.165) is 29.7 Å². The number of ether oxygens (including phenoxy) is 1. The Labute approximate surface area is 211 Å². The quantitative estimate of drug-likeness (QED) is 0.265. The van der Waals surface area contributed by atoms with Crippen molar-refractivity contribution in [1.82, 2.24) is 14.7 Å². The molecule has 5 rings (SSSR count). The minimum Gasteiger partial charge on any atom is -0.439 e. The highest BCUT2D eigenvalue weighted by atomic mass is 19.1. The molecule has 0 N–H and O–H groups in total. The van der Waals surface area contributed by atoms with Gasteiger partial charge in [0.15, 0.2) is 0 Å². The molecule has 4 aromatic rings. The van der Waals surface area contributed by atoms with Crippen LogP contribution in [-0.2, 0) is 13.0 Å². The molecule has 1 aliphatic rings. The summed E-state index contributed by atoms with van der Waals surface area (Å²) < 4.78 is 21.8. The van der Waals surface area contributed by atoms with Gasteiger partial charge in [0.05, 0.1) is 23.5 Å². The van der Waals surface area contributed by atoms with Gasteiger partial charge in [0.25, 0.3) is 5.91 Å². The van der Waals surface area contributed by atoms with Gasteiger partial charge in [0.2, 0.25) is 5.88 Å². The molecule has 36 heavy (non-hydrogen) atoms. The van der Waals surface area contributed by atoms with E-state index in [4.69, 9.17) is 9.84 Å². The lowest BCUT2D eigenvalue weighted by Gasteiger charge is -2.24. The van der Waals surface area contributed by atoms with Crippen LogP contribution in [0.1, 0.15) is 46.9 Å². The van der Waals surface area contributed by atoms with Gasteiger partial charge in [-0.05, 0) is 80.6 Å². The van der Waals surface area contributed by atoms with E-state index in [1.165, 1.54) is 12.1 Å². The van der Waals surface area contributed by atoms with Crippen LogP contribution in [-0.4, -0.2) is 27.1 Å². The molecule has 1 saturated carbocycles. The van der Waals surface area contributed by atoms with Gasteiger partial charge in [-0.15, -0.1) is 0 Å². The zero-order chi connectivity index (χ0) is 25.1. The van der Waals surface area contributed by atoms with Crippen molar-refractivity contribution in [1.29, 1.82) is 0 Å². The van der Waals surface area contributed by atoms with Crippen LogP contribution in [0.3, 0.4) is 0 Å². The first-order valence-corrected chi connectivity index (χ1v) is 12.5. The van der Waals surface area contributed by atoms with Crippen molar-refractivity contribution in [3.05, 3.63) is 107 Å². The molecule has 0 radical (unpaired) electrons. The Balaban J connectivity index is 1.56. The molecule has 1 aromatic heterocycles. The summed E-state index contributed by atoms with van der Waals surface area (Å²) in [6.07, 6.45) is 2.95. The second-order valence-corrected chi connectivity index (χ2v) is 9.38. The minimum absolute atomic E-state index is 0.00384. The van der Waals surface area contributed by atoms with E-state index in [-0.39, 0.29) is 11.7 Å². The predicted octanol–water partition coefficient (Wildman–Crippen LogP) is 6.73. The van der Waals surface area contributed by atoms with Gasteiger partial charge in [0, 0.05) is 12.1 Å². The molecular weight excluding hydrogens is 453 g/mol. The van der Waals surface area contributed by atoms with Crippen molar-refractivity contribution >= 4 is 5.91 Å². The third-order valence-electron chi connectivity index (χ3n) is 6.49. The van der Waals surface area contributed by atoms with Crippen LogP contribution in [0.25, 0.3) is 5.69 Å². The summed E-state index contributed by atoms with van der Waals surface area (Å²) in [5.41, 5.74) is 4.21. The molecule has 0 atom stereocenters. The van der Waals surface area contributed by atoms with E-state index in [9.17, 15) is 9.18 Å². The number of amides is 1. The summed E-state index contributed by atoms with van der Waals surface area (Å²) in [6.45, 7) is 5.14. The number of benzene rings is 3. The number of hydrogen-bond acceptors (Lipinski definition) is 3. The molecule has 0 spiro atoms. The lowest BCUT2D eigenvalue weighted by molar-refractivity contribution is 0.0733. The van der Waals surface area contributed by atoms with E-state index in [0.29, 0.717) is 48.3 Å². The summed E-state index contributed by atoms with van der Waals surface area (Å²) in [6, 6.07) is 23.4. The number of aryl methyl sites for hydroxylation is 2. The van der Waals surface area contributed by atoms with Crippen molar-refractivity contribution < 1.29 is 13.9 Å². The Morgan fingerprint density at radius 3 is 2.36 bits per heavy atom. The largest absolute Gasteiger partial charge is 0.439 e. The van der Waals surface area contributed by atoms with Crippen molar-refractivity contribution in [2.24, 2.45) is 5.92 Å². The fourth-order valence-corrected chi connectivity index (χ4v) is 4.28. The van der Waals surface area contributed by atoms with Crippen molar-refractivity contribution in [2.75, 3.05) is 6.54 Å². The van der Waals surface area contributed by atoms with E-state index in [1.54, 1.807) is 16.8 Å². The molecule has 5 nitrogen and oxygen atoms in total. The third-order valence-corrected chi connectivity index (χ3v) is 6.49. The fourth-order valence-electron chi connectivity index (χ4n) is 4.28. The lowest BCUT2D eigenvalue weighted by atomic mass is 10.1. The molecule has 0 aliphatic heterocycles. The molecule has 1 heterocycles. The van der Waals surface area contributed by atoms with E-state index in [2.05, 4.69) is 0 Å². The van der Waals surface area contributed by atoms with E-state index in [1.807, 2.05) is 73.3 Å². The molecule has 6 heteroatoms. The number of halogens is 1. The summed E-state index contributed by atoms with van der Waals surface area (Å²) >= 11 is 0. The topological polar surface area (TPSA) is 47.4 Å². The lowest BCUT2D eigenvalue weighted by Crippen LogP contribution is -2.32. The minimum atomic E-state index is -0.313. The van der Waals surface area contributed by atoms with E-state index >= 15 is 0 Å². The second kappa shape index (κ2) is 10.4. The standard InChI is InChI=1S/C30H30FN3O2/c1-3-28-27(20-33(19-22-11-12-22)29(35)23-13-9-21(2)10-14-23)30(36-26-7-5-4-6-8-26)34(32-28)25-17-15-24(31)16-18-25/h4-10,13-18,22H,3,11-12,19-20H2,1-2H3. The van der Waals surface area contributed by atoms with Crippen LogP contribution in [0.5, 0.6) is 11.6 Å². The zero-order valence-electron chi connectivity index (χ0n) is 20.7. The highest BCUT2D eigenvalue weighted by molar-refractivity contribution is 5.94. The molecule has 1 amide bonds. The maximum Gasteiger partial charge on any atom is 0.254 e. The maximum absolute atomic E-state index is 13.7. The van der Waals surface area contributed by atoms with Crippen LogP contribution in [0.4, 0.5) is 4.39 Å². The molecule has 1 aliphatic carbocycles. The van der Waals surface area contributed by atoms with E-state index < -0.39 is 0 Å². The zero-order valence-corrected chi connectivity index (χ0v) is 20.7. The summed E-state index contributed by atoms with van der Waals surface area (Å²) in [5, 5.41) is 4.85. The summed E-state index contributed by atoms with van der Waals surface area (Å²) in [5.74, 6) is 1.43. The van der Waals surface area contributed by atoms with Crippen LogP contribution in [0.2, 0.25) is 0 Å². The van der Waals surface area contributed by atoms with Crippen LogP contribution < -0.4 is 4.74 Å². The van der Waals surface area contributed by atoms with Gasteiger partial charge < -0.3 is 9.64 Å². The summed E-state index contributed by atoms with van der Waals surface area (Å²) in [7, 11) is 0. The van der Waals surface area contributed by atoms with Crippen molar-refractivity contribution in [3.63, 3.8) is 0 Å². The average Bonchev–Trinajstić information content (AvgIpc) is 3.66. The molecule has 0 saturated heterocycles. The molecule has 3 aromatic carbocycles. The first-order valence-electron chi connectivity index (χ1n) is 12.5. The number of nitrogens with zero attached hydrogens (tertiary/aromatic N) is 3. The van der Waals surface area contributed by atoms with Crippen molar-refractivity contribution in [3.8, 4) is 17.3 Å². The SMILES string of the molecule is CCc1nn(-c2ccc(F)cc2)c(Oc2ccccc2)c1CN(CC1CC1)C(=O)c1ccc(C)cc1. The monoisotopic (exact) mass is 483 g/mol. The van der Waals surface area contributed by atoms with Crippen LogP contribution >= 0.6 is 0 Å². The van der Waals surface area contributed by atoms with Gasteiger partial charge in [0.1, 0.15) is 11.6 Å². The molecule has 1 fully saturated rings. The number of para-hydroxylation sites is 1. The average molecular weight is 484 g/mol. The number of rotatable bonds is 9. The molecule has 0 bridgehead atoms. The Morgan fingerprint density at radius 2 is 1.72 bits per heavy atom. The Morgan fingerprint density at radius 1 is 1.03 bits per heavy atom. The van der Waals surface area contributed by atoms with Crippen LogP contribution in [0.15, 0.2) is 78.9 Å². The third kappa shape index (κ3) is 5.33. The molecule has 184 valence electrons. The fraction of sp³-hybridized carbons (Fsp3) is 0.267. The molecule has 0 unspecified atom stereocenters. The van der Waals surface area contributed by atoms with Gasteiger partial charge >= 0.3 is 0 Å². The first-order chi connectivity index (χ1) is 17.5. The number of aromatic nitrogens is 2. The Hall–Kier alpha value is -3.93. The first kappa shape index (κ1) is 23.8. The van der Waals surface area contributed by atoms with Crippen LogP contribution in [0, 0.1) is 18.7 Å². The number of carbonyl (C=O) groups is 1. The predicted molar refractivity (Wildman–Crippen MR) is 138 cm³/mol. The Kier molecular flexibility index (Phi) is 6.85. The van der Waals surface area contributed by atoms with Gasteiger partial charge in [-0.1, -0.05) is 42.8 Å². The van der Waals surface area contributed by atoms with Crippen molar-refractivity contribution in [2.45, 2.75) is 39.7 Å². The Bertz CT molecular complexity index is 1330.